The Bertz CT molecular complexity index is 453. The van der Waals surface area contributed by atoms with Gasteiger partial charge in [-0.3, -0.25) is 9.69 Å². The van der Waals surface area contributed by atoms with E-state index in [-0.39, 0.29) is 11.8 Å². The second-order valence-corrected chi connectivity index (χ2v) is 6.55. The number of amides is 1. The Balaban J connectivity index is 1.91. The van der Waals surface area contributed by atoms with Gasteiger partial charge in [0.05, 0.1) is 0 Å². The van der Waals surface area contributed by atoms with Crippen molar-refractivity contribution in [2.75, 3.05) is 46.3 Å². The van der Waals surface area contributed by atoms with Crippen molar-refractivity contribution >= 4 is 5.91 Å². The fourth-order valence-corrected chi connectivity index (χ4v) is 2.77. The van der Waals surface area contributed by atoms with Crippen molar-refractivity contribution < 1.29 is 4.79 Å². The molecule has 1 saturated heterocycles. The summed E-state index contributed by atoms with van der Waals surface area (Å²) in [7, 11) is 2.17. The predicted molar refractivity (Wildman–Crippen MR) is 90.6 cm³/mol. The molecule has 1 amide bonds. The highest BCUT2D eigenvalue weighted by Crippen LogP contribution is 2.09. The molecule has 0 atom stereocenters. The molecule has 1 fully saturated rings. The van der Waals surface area contributed by atoms with Crippen LogP contribution >= 0.6 is 0 Å². The summed E-state index contributed by atoms with van der Waals surface area (Å²) in [6, 6.07) is 10.3. The van der Waals surface area contributed by atoms with E-state index in [1.54, 1.807) is 0 Å². The third kappa shape index (κ3) is 5.11. The standard InChI is InChI=1S/C18H29N3O/c1-16(2)18(22)21(15-17-7-5-4-6-8-17)14-13-20-11-9-19(3)10-12-20/h4-8,16H,9-15H2,1-3H3. The van der Waals surface area contributed by atoms with E-state index in [4.69, 9.17) is 0 Å². The van der Waals surface area contributed by atoms with Crippen LogP contribution in [0.4, 0.5) is 0 Å². The van der Waals surface area contributed by atoms with E-state index in [2.05, 4.69) is 29.0 Å². The summed E-state index contributed by atoms with van der Waals surface area (Å²) in [5, 5.41) is 0. The molecule has 0 spiro atoms. The second-order valence-electron chi connectivity index (χ2n) is 6.55. The molecule has 0 bridgehead atoms. The van der Waals surface area contributed by atoms with E-state index in [0.717, 1.165) is 39.3 Å². The summed E-state index contributed by atoms with van der Waals surface area (Å²) in [6.45, 7) is 10.9. The van der Waals surface area contributed by atoms with Gasteiger partial charge in [-0.1, -0.05) is 44.2 Å². The van der Waals surface area contributed by atoms with Gasteiger partial charge < -0.3 is 9.80 Å². The molecule has 1 heterocycles. The quantitative estimate of drug-likeness (QED) is 0.803. The van der Waals surface area contributed by atoms with Gasteiger partial charge in [0.2, 0.25) is 5.91 Å². The first-order valence-corrected chi connectivity index (χ1v) is 8.30. The molecule has 0 radical (unpaired) electrons. The Labute approximate surface area is 134 Å². The van der Waals surface area contributed by atoms with Gasteiger partial charge >= 0.3 is 0 Å². The molecule has 122 valence electrons. The number of hydrogen-bond acceptors (Lipinski definition) is 3. The highest BCUT2D eigenvalue weighted by Gasteiger charge is 2.19. The number of hydrogen-bond donors (Lipinski definition) is 0. The van der Waals surface area contributed by atoms with Gasteiger partial charge in [-0.25, -0.2) is 0 Å². The summed E-state index contributed by atoms with van der Waals surface area (Å²) >= 11 is 0. The third-order valence-corrected chi connectivity index (χ3v) is 4.30. The molecule has 1 aromatic carbocycles. The highest BCUT2D eigenvalue weighted by molar-refractivity contribution is 5.78. The van der Waals surface area contributed by atoms with Crippen molar-refractivity contribution in [2.45, 2.75) is 20.4 Å². The van der Waals surface area contributed by atoms with Crippen LogP contribution < -0.4 is 0 Å². The summed E-state index contributed by atoms with van der Waals surface area (Å²) in [5.74, 6) is 0.300. The number of nitrogens with zero attached hydrogens (tertiary/aromatic N) is 3. The molecule has 22 heavy (non-hydrogen) atoms. The van der Waals surface area contributed by atoms with E-state index in [0.29, 0.717) is 6.54 Å². The normalized spacial score (nSPS) is 16.9. The lowest BCUT2D eigenvalue weighted by Crippen LogP contribution is -2.47. The maximum Gasteiger partial charge on any atom is 0.225 e. The molecule has 0 aromatic heterocycles. The molecular formula is C18H29N3O. The summed E-state index contributed by atoms with van der Waals surface area (Å²) in [5.41, 5.74) is 1.20. The Morgan fingerprint density at radius 3 is 2.36 bits per heavy atom. The molecule has 0 aliphatic carbocycles. The second kappa shape index (κ2) is 8.30. The summed E-state index contributed by atoms with van der Waals surface area (Å²) in [6.07, 6.45) is 0. The lowest BCUT2D eigenvalue weighted by atomic mass is 10.1. The molecule has 1 aliphatic heterocycles. The Morgan fingerprint density at radius 1 is 1.14 bits per heavy atom. The number of piperazine rings is 1. The first-order chi connectivity index (χ1) is 10.6. The van der Waals surface area contributed by atoms with Crippen LogP contribution in [0.1, 0.15) is 19.4 Å². The van der Waals surface area contributed by atoms with Gasteiger partial charge in [-0.15, -0.1) is 0 Å². The topological polar surface area (TPSA) is 26.8 Å². The maximum atomic E-state index is 12.5. The van der Waals surface area contributed by atoms with Crippen LogP contribution in [0.3, 0.4) is 0 Å². The average molecular weight is 303 g/mol. The lowest BCUT2D eigenvalue weighted by Gasteiger charge is -2.34. The fraction of sp³-hybridized carbons (Fsp3) is 0.611. The zero-order valence-corrected chi connectivity index (χ0v) is 14.2. The van der Waals surface area contributed by atoms with E-state index < -0.39 is 0 Å². The van der Waals surface area contributed by atoms with Crippen LogP contribution in [0.25, 0.3) is 0 Å². The third-order valence-electron chi connectivity index (χ3n) is 4.30. The smallest absolute Gasteiger partial charge is 0.225 e. The van der Waals surface area contributed by atoms with Gasteiger partial charge in [0.15, 0.2) is 0 Å². The Morgan fingerprint density at radius 2 is 1.77 bits per heavy atom. The maximum absolute atomic E-state index is 12.5. The van der Waals surface area contributed by atoms with Crippen LogP contribution in [0.2, 0.25) is 0 Å². The first kappa shape index (κ1) is 17.0. The minimum atomic E-state index is 0.0520. The van der Waals surface area contributed by atoms with Crippen LogP contribution in [0.15, 0.2) is 30.3 Å². The fourth-order valence-electron chi connectivity index (χ4n) is 2.77. The predicted octanol–water partition coefficient (Wildman–Crippen LogP) is 1.92. The SMILES string of the molecule is CC(C)C(=O)N(CCN1CCN(C)CC1)Cc1ccccc1. The largest absolute Gasteiger partial charge is 0.337 e. The summed E-state index contributed by atoms with van der Waals surface area (Å²) in [4.78, 5) is 19.3. The van der Waals surface area contributed by atoms with Crippen LogP contribution in [-0.2, 0) is 11.3 Å². The van der Waals surface area contributed by atoms with Gasteiger partial charge in [0.25, 0.3) is 0 Å². The lowest BCUT2D eigenvalue weighted by molar-refractivity contribution is -0.135. The zero-order chi connectivity index (χ0) is 15.9. The van der Waals surface area contributed by atoms with Gasteiger partial charge in [0, 0.05) is 51.7 Å². The minimum Gasteiger partial charge on any atom is -0.337 e. The van der Waals surface area contributed by atoms with Gasteiger partial charge in [0.1, 0.15) is 0 Å². The van der Waals surface area contributed by atoms with Crippen molar-refractivity contribution in [3.63, 3.8) is 0 Å². The van der Waals surface area contributed by atoms with Crippen molar-refractivity contribution in [3.8, 4) is 0 Å². The number of carbonyl (C=O) groups excluding carboxylic acids is 1. The molecule has 0 saturated carbocycles. The molecule has 1 aromatic rings. The van der Waals surface area contributed by atoms with Gasteiger partial charge in [-0.05, 0) is 12.6 Å². The van der Waals surface area contributed by atoms with Crippen molar-refractivity contribution in [1.82, 2.24) is 14.7 Å². The number of carbonyl (C=O) groups is 1. The van der Waals surface area contributed by atoms with E-state index in [9.17, 15) is 4.79 Å². The molecule has 2 rings (SSSR count). The van der Waals surface area contributed by atoms with Crippen LogP contribution in [0, 0.1) is 5.92 Å². The highest BCUT2D eigenvalue weighted by atomic mass is 16.2. The van der Waals surface area contributed by atoms with E-state index >= 15 is 0 Å². The summed E-state index contributed by atoms with van der Waals surface area (Å²) < 4.78 is 0. The monoisotopic (exact) mass is 303 g/mol. The average Bonchev–Trinajstić information content (AvgIpc) is 2.53. The van der Waals surface area contributed by atoms with Crippen LogP contribution in [-0.4, -0.2) is 66.9 Å². The van der Waals surface area contributed by atoms with E-state index in [1.165, 1.54) is 5.56 Å². The number of rotatable bonds is 6. The molecule has 0 N–H and O–H groups in total. The number of likely N-dealkylation sites (N-methyl/N-ethyl adjacent to an activating group) is 1. The van der Waals surface area contributed by atoms with Crippen LogP contribution in [0.5, 0.6) is 0 Å². The minimum absolute atomic E-state index is 0.0520. The first-order valence-electron chi connectivity index (χ1n) is 8.30. The van der Waals surface area contributed by atoms with Crippen molar-refractivity contribution in [2.24, 2.45) is 5.92 Å². The molecule has 4 nitrogen and oxygen atoms in total. The van der Waals surface area contributed by atoms with E-state index in [1.807, 2.05) is 36.9 Å². The molecular weight excluding hydrogens is 274 g/mol. The molecule has 4 heteroatoms. The van der Waals surface area contributed by atoms with Crippen molar-refractivity contribution in [1.29, 1.82) is 0 Å². The van der Waals surface area contributed by atoms with Gasteiger partial charge in [-0.2, -0.15) is 0 Å². The zero-order valence-electron chi connectivity index (χ0n) is 14.2. The Kier molecular flexibility index (Phi) is 6.40. The molecule has 1 aliphatic rings. The Hall–Kier alpha value is -1.39. The number of benzene rings is 1. The molecule has 0 unspecified atom stereocenters. The van der Waals surface area contributed by atoms with Crippen molar-refractivity contribution in [3.05, 3.63) is 35.9 Å².